The van der Waals surface area contributed by atoms with E-state index in [1.54, 1.807) is 12.1 Å². The molecule has 0 bridgehead atoms. The second-order valence-electron chi connectivity index (χ2n) is 16.4. The lowest BCUT2D eigenvalue weighted by atomic mass is 9.64. The summed E-state index contributed by atoms with van der Waals surface area (Å²) >= 11 is 1.85. The van der Waals surface area contributed by atoms with Gasteiger partial charge in [0, 0.05) is 16.2 Å². The number of allylic oxidation sites excluding steroid dienone is 5. The van der Waals surface area contributed by atoms with Gasteiger partial charge in [0.2, 0.25) is 0 Å². The van der Waals surface area contributed by atoms with Gasteiger partial charge < -0.3 is 10.2 Å². The normalized spacial score (nSPS) is 15.7. The molecule has 6 aromatic rings. The summed E-state index contributed by atoms with van der Waals surface area (Å²) in [7, 11) is 0. The number of hydrogen-bond donors (Lipinski definition) is 2. The Morgan fingerprint density at radius 3 is 2.33 bits per heavy atom. The van der Waals surface area contributed by atoms with E-state index in [2.05, 4.69) is 107 Å². The number of ketones is 1. The van der Waals surface area contributed by atoms with Gasteiger partial charge in [-0.2, -0.15) is 0 Å². The number of rotatable bonds is 8. The van der Waals surface area contributed by atoms with Crippen LogP contribution in [0.15, 0.2) is 132 Å². The van der Waals surface area contributed by atoms with Crippen LogP contribution < -0.4 is 0 Å². The molecule has 55 heavy (non-hydrogen) atoms. The van der Waals surface area contributed by atoms with E-state index in [9.17, 15) is 19.8 Å². The summed E-state index contributed by atoms with van der Waals surface area (Å²) in [5, 5.41) is 23.9. The highest BCUT2D eigenvalue weighted by atomic mass is 32.2. The smallest absolute Gasteiger partial charge is 0.339 e. The fourth-order valence-electron chi connectivity index (χ4n) is 8.53. The van der Waals surface area contributed by atoms with E-state index >= 15 is 0 Å². The Bertz CT molecular complexity index is 2650. The van der Waals surface area contributed by atoms with E-state index in [-0.39, 0.29) is 27.9 Å². The first-order valence-electron chi connectivity index (χ1n) is 18.8. The molecule has 0 saturated heterocycles. The Labute approximate surface area is 326 Å². The van der Waals surface area contributed by atoms with Crippen molar-refractivity contribution in [2.75, 3.05) is 0 Å². The van der Waals surface area contributed by atoms with Crippen LogP contribution in [0.3, 0.4) is 0 Å². The molecule has 2 N–H and O–H groups in total. The lowest BCUT2D eigenvalue weighted by Crippen LogP contribution is -2.28. The molecule has 2 aliphatic carbocycles. The van der Waals surface area contributed by atoms with Gasteiger partial charge in [0.25, 0.3) is 0 Å². The number of benzene rings is 6. The molecular weight excluding hydrogens is 697 g/mol. The summed E-state index contributed by atoms with van der Waals surface area (Å²) < 4.78 is 0. The minimum atomic E-state index is -1.21. The first kappa shape index (κ1) is 36.3. The third-order valence-corrected chi connectivity index (χ3v) is 12.2. The molecule has 2 aliphatic rings. The van der Waals surface area contributed by atoms with Gasteiger partial charge in [-0.25, -0.2) is 4.79 Å². The summed E-state index contributed by atoms with van der Waals surface area (Å²) in [6.45, 7) is 11.5. The zero-order chi connectivity index (χ0) is 38.6. The third kappa shape index (κ3) is 6.94. The van der Waals surface area contributed by atoms with Gasteiger partial charge in [0.1, 0.15) is 11.3 Å². The van der Waals surface area contributed by atoms with Crippen molar-refractivity contribution in [1.29, 1.82) is 0 Å². The quantitative estimate of drug-likeness (QED) is 0.0923. The second kappa shape index (κ2) is 13.9. The van der Waals surface area contributed by atoms with Gasteiger partial charge >= 0.3 is 5.97 Å². The molecule has 0 fully saturated rings. The van der Waals surface area contributed by atoms with E-state index in [4.69, 9.17) is 0 Å². The molecule has 0 amide bonds. The van der Waals surface area contributed by atoms with Crippen LogP contribution in [-0.2, 0) is 11.2 Å². The number of phenols is 1. The summed E-state index contributed by atoms with van der Waals surface area (Å²) in [6, 6.07) is 34.2. The van der Waals surface area contributed by atoms with Crippen LogP contribution >= 0.6 is 11.8 Å². The first-order chi connectivity index (χ1) is 26.3. The predicted molar refractivity (Wildman–Crippen MR) is 228 cm³/mol. The molecule has 0 saturated carbocycles. The van der Waals surface area contributed by atoms with Crippen molar-refractivity contribution in [3.63, 3.8) is 0 Å². The fourth-order valence-corrected chi connectivity index (χ4v) is 9.62. The van der Waals surface area contributed by atoms with Gasteiger partial charge in [-0.1, -0.05) is 136 Å². The van der Waals surface area contributed by atoms with E-state index in [0.717, 1.165) is 45.9 Å². The molecular formula is C50H44O4S. The van der Waals surface area contributed by atoms with Crippen molar-refractivity contribution in [2.24, 2.45) is 5.41 Å². The Balaban J connectivity index is 1.30. The standard InChI is InChI=1S/C50H44O4S/c1-30-10-12-32(13-11-30)29-55-44-26-35(25-34-17-20-40-37-22-23-49(2,3)27-36(37)28-50(4,5)47(40)45(34)44)39-19-16-33-8-6-7-9-38(33)46(39)42(51)21-15-31-14-18-41(48(53)54)43(52)24-31/h6-26,52H,27-29H2,1-5H3,(H,53,54). The van der Waals surface area contributed by atoms with Gasteiger partial charge in [-0.05, 0) is 121 Å². The maximum absolute atomic E-state index is 14.4. The van der Waals surface area contributed by atoms with Crippen molar-refractivity contribution in [2.45, 2.75) is 63.5 Å². The van der Waals surface area contributed by atoms with Crippen LogP contribution in [0.2, 0.25) is 0 Å². The minimum absolute atomic E-state index is 0.0818. The Hall–Kier alpha value is -5.65. The molecule has 0 atom stereocenters. The van der Waals surface area contributed by atoms with Crippen LogP contribution in [0.25, 0.3) is 44.3 Å². The van der Waals surface area contributed by atoms with Crippen LogP contribution in [-0.4, -0.2) is 22.0 Å². The number of fused-ring (bicyclic) bond motifs is 5. The van der Waals surface area contributed by atoms with Crippen LogP contribution in [0.5, 0.6) is 5.75 Å². The highest BCUT2D eigenvalue weighted by Crippen LogP contribution is 2.53. The maximum Gasteiger partial charge on any atom is 0.339 e. The number of thioether (sulfide) groups is 1. The summed E-state index contributed by atoms with van der Waals surface area (Å²) in [5.41, 5.74) is 10.9. The molecule has 0 unspecified atom stereocenters. The second-order valence-corrected chi connectivity index (χ2v) is 17.4. The number of carboxylic acid groups (broad SMARTS) is 1. The highest BCUT2D eigenvalue weighted by molar-refractivity contribution is 7.98. The number of carbonyl (C=O) groups is 2. The van der Waals surface area contributed by atoms with E-state index in [1.807, 2.05) is 36.0 Å². The average Bonchev–Trinajstić information content (AvgIpc) is 3.15. The summed E-state index contributed by atoms with van der Waals surface area (Å²) in [5.74, 6) is -0.927. The molecule has 6 aromatic carbocycles. The van der Waals surface area contributed by atoms with Crippen molar-refractivity contribution < 1.29 is 19.8 Å². The summed E-state index contributed by atoms with van der Waals surface area (Å²) in [6.07, 6.45) is 9.94. The molecule has 0 aliphatic heterocycles. The molecule has 4 nitrogen and oxygen atoms in total. The molecule has 8 rings (SSSR count). The average molecular weight is 741 g/mol. The third-order valence-electron chi connectivity index (χ3n) is 11.1. The topological polar surface area (TPSA) is 74.6 Å². The van der Waals surface area contributed by atoms with Crippen molar-refractivity contribution in [1.82, 2.24) is 0 Å². The Morgan fingerprint density at radius 2 is 1.56 bits per heavy atom. The number of hydrogen-bond acceptors (Lipinski definition) is 4. The molecule has 0 spiro atoms. The van der Waals surface area contributed by atoms with Gasteiger partial charge in [-0.15, -0.1) is 11.8 Å². The lowest BCUT2D eigenvalue weighted by molar-refractivity contribution is 0.0693. The summed E-state index contributed by atoms with van der Waals surface area (Å²) in [4.78, 5) is 27.0. The maximum atomic E-state index is 14.4. The van der Waals surface area contributed by atoms with Gasteiger partial charge in [0.05, 0.1) is 0 Å². The van der Waals surface area contributed by atoms with Crippen molar-refractivity contribution in [3.05, 3.63) is 166 Å². The molecule has 274 valence electrons. The van der Waals surface area contributed by atoms with Crippen LogP contribution in [0.1, 0.15) is 89.1 Å². The highest BCUT2D eigenvalue weighted by Gasteiger charge is 2.37. The largest absolute Gasteiger partial charge is 0.507 e. The van der Waals surface area contributed by atoms with E-state index in [1.165, 1.54) is 61.9 Å². The lowest BCUT2D eigenvalue weighted by Gasteiger charge is -2.40. The van der Waals surface area contributed by atoms with Crippen molar-refractivity contribution in [3.8, 4) is 16.9 Å². The van der Waals surface area contributed by atoms with E-state index < -0.39 is 5.97 Å². The SMILES string of the molecule is Cc1ccc(CSc2cc(-c3ccc4ccccc4c3C(=O)C=Cc3ccc(C(=O)O)c(O)c3)cc3ccc4c(c23)C(C)(C)CC2=C4C=CC(C)(C)C2)cc1. The molecule has 0 aromatic heterocycles. The fraction of sp³-hybridized carbons (Fsp3) is 0.200. The number of carbonyl (C=O) groups excluding carboxylic acids is 1. The Morgan fingerprint density at radius 1 is 0.818 bits per heavy atom. The number of aryl methyl sites for hydroxylation is 1. The molecule has 5 heteroatoms. The van der Waals surface area contributed by atoms with Crippen LogP contribution in [0.4, 0.5) is 0 Å². The zero-order valence-electron chi connectivity index (χ0n) is 31.9. The number of aromatic hydroxyl groups is 1. The van der Waals surface area contributed by atoms with Gasteiger partial charge in [0.15, 0.2) is 5.78 Å². The van der Waals surface area contributed by atoms with E-state index in [0.29, 0.717) is 11.1 Å². The first-order valence-corrected chi connectivity index (χ1v) is 19.8. The predicted octanol–water partition coefficient (Wildman–Crippen LogP) is 13.0. The number of aromatic carboxylic acids is 1. The molecule has 0 heterocycles. The minimum Gasteiger partial charge on any atom is -0.507 e. The zero-order valence-corrected chi connectivity index (χ0v) is 32.7. The number of carboxylic acids is 1. The Kier molecular flexibility index (Phi) is 9.17. The van der Waals surface area contributed by atoms with Crippen molar-refractivity contribution >= 4 is 56.7 Å². The molecule has 0 radical (unpaired) electrons. The van der Waals surface area contributed by atoms with Gasteiger partial charge in [-0.3, -0.25) is 4.79 Å². The van der Waals surface area contributed by atoms with Crippen LogP contribution in [0, 0.1) is 12.3 Å². The monoisotopic (exact) mass is 740 g/mol.